The van der Waals surface area contributed by atoms with Crippen molar-refractivity contribution in [3.63, 3.8) is 0 Å². The Morgan fingerprint density at radius 3 is 2.56 bits per heavy atom. The van der Waals surface area contributed by atoms with E-state index in [-0.39, 0.29) is 0 Å². The lowest BCUT2D eigenvalue weighted by molar-refractivity contribution is 0.199. The first-order valence-electron chi connectivity index (χ1n) is 5.76. The Bertz CT molecular complexity index is 310. The second-order valence-electron chi connectivity index (χ2n) is 3.77. The molecule has 0 amide bonds. The van der Waals surface area contributed by atoms with Gasteiger partial charge in [0.05, 0.1) is 24.2 Å². The zero-order valence-corrected chi connectivity index (χ0v) is 11.0. The van der Waals surface area contributed by atoms with E-state index in [1.54, 1.807) is 7.11 Å². The van der Waals surface area contributed by atoms with Crippen LogP contribution in [0.3, 0.4) is 0 Å². The Labute approximate surface area is 102 Å². The minimum absolute atomic E-state index is 0.413. The van der Waals surface area contributed by atoms with Crippen LogP contribution in [0.5, 0.6) is 0 Å². The van der Waals surface area contributed by atoms with Gasteiger partial charge in [-0.15, -0.1) is 16.7 Å². The first-order chi connectivity index (χ1) is 7.78. The van der Waals surface area contributed by atoms with Crippen molar-refractivity contribution in [2.45, 2.75) is 45.0 Å². The molecule has 0 bridgehead atoms. The van der Waals surface area contributed by atoms with Crippen molar-refractivity contribution in [1.29, 1.82) is 0 Å². The van der Waals surface area contributed by atoms with Crippen LogP contribution in [0.2, 0.25) is 0 Å². The van der Waals surface area contributed by atoms with Gasteiger partial charge >= 0.3 is 0 Å². The minimum Gasteiger partial charge on any atom is -0.384 e. The topological polar surface area (TPSA) is 39.9 Å². The van der Waals surface area contributed by atoms with E-state index in [0.29, 0.717) is 18.5 Å². The van der Waals surface area contributed by atoms with E-state index in [2.05, 4.69) is 24.2 Å². The van der Waals surface area contributed by atoms with Gasteiger partial charge in [0.15, 0.2) is 0 Å². The molecule has 1 aromatic rings. The van der Waals surface area contributed by atoms with Crippen LogP contribution >= 0.6 is 11.6 Å². The number of hydrogen-bond donors (Lipinski definition) is 0. The van der Waals surface area contributed by atoms with E-state index < -0.39 is 0 Å². The lowest BCUT2D eigenvalue weighted by Gasteiger charge is -2.15. The maximum absolute atomic E-state index is 5.86. The summed E-state index contributed by atoms with van der Waals surface area (Å²) in [5.74, 6) is 0.416. The number of halogens is 1. The maximum Gasteiger partial charge on any atom is 0.101 e. The molecular formula is C11H20ClN3O. The molecule has 1 aromatic heterocycles. The second-order valence-corrected chi connectivity index (χ2v) is 4.04. The van der Waals surface area contributed by atoms with Gasteiger partial charge in [0.1, 0.15) is 5.69 Å². The van der Waals surface area contributed by atoms with Gasteiger partial charge in [-0.1, -0.05) is 19.1 Å². The number of rotatable bonds is 7. The molecular weight excluding hydrogens is 226 g/mol. The quantitative estimate of drug-likeness (QED) is 0.694. The summed E-state index contributed by atoms with van der Waals surface area (Å²) >= 11 is 5.86. The number of nitrogens with zero attached hydrogens (tertiary/aromatic N) is 3. The van der Waals surface area contributed by atoms with Crippen molar-refractivity contribution < 1.29 is 4.74 Å². The number of hydrogen-bond acceptors (Lipinski definition) is 3. The molecule has 5 heteroatoms. The van der Waals surface area contributed by atoms with Crippen LogP contribution in [0.15, 0.2) is 0 Å². The molecule has 92 valence electrons. The van der Waals surface area contributed by atoms with Crippen molar-refractivity contribution in [2.75, 3.05) is 13.7 Å². The predicted octanol–water partition coefficient (Wildman–Crippen LogP) is 2.57. The van der Waals surface area contributed by atoms with Crippen LogP contribution < -0.4 is 0 Å². The summed E-state index contributed by atoms with van der Waals surface area (Å²) in [6.07, 6.45) is 2.94. The van der Waals surface area contributed by atoms with Crippen molar-refractivity contribution in [2.24, 2.45) is 0 Å². The highest BCUT2D eigenvalue weighted by Gasteiger charge is 2.16. The minimum atomic E-state index is 0.413. The fourth-order valence-corrected chi connectivity index (χ4v) is 2.04. The number of alkyl halides is 1. The monoisotopic (exact) mass is 245 g/mol. The van der Waals surface area contributed by atoms with Crippen molar-refractivity contribution >= 4 is 11.6 Å². The molecule has 0 aromatic carbocycles. The number of ether oxygens (including phenoxy) is 1. The van der Waals surface area contributed by atoms with Crippen LogP contribution in [0.1, 0.15) is 44.1 Å². The van der Waals surface area contributed by atoms with Crippen molar-refractivity contribution in [3.8, 4) is 0 Å². The molecule has 0 aliphatic carbocycles. The molecule has 16 heavy (non-hydrogen) atoms. The molecule has 0 N–H and O–H groups in total. The van der Waals surface area contributed by atoms with Gasteiger partial charge in [0.25, 0.3) is 0 Å². The highest BCUT2D eigenvalue weighted by Crippen LogP contribution is 2.19. The Hall–Kier alpha value is -0.610. The summed E-state index contributed by atoms with van der Waals surface area (Å²) in [6.45, 7) is 5.00. The van der Waals surface area contributed by atoms with Gasteiger partial charge in [-0.3, -0.25) is 0 Å². The zero-order chi connectivity index (χ0) is 12.0. The van der Waals surface area contributed by atoms with E-state index in [9.17, 15) is 0 Å². The molecule has 0 radical (unpaired) electrons. The lowest BCUT2D eigenvalue weighted by Crippen LogP contribution is -2.14. The lowest BCUT2D eigenvalue weighted by atomic mass is 10.1. The third kappa shape index (κ3) is 2.95. The summed E-state index contributed by atoms with van der Waals surface area (Å²) in [7, 11) is 1.70. The summed E-state index contributed by atoms with van der Waals surface area (Å²) in [6, 6.07) is 0.413. The average Bonchev–Trinajstić information content (AvgIpc) is 2.71. The summed E-state index contributed by atoms with van der Waals surface area (Å²) in [5.41, 5.74) is 2.00. The van der Waals surface area contributed by atoms with E-state index in [0.717, 1.165) is 30.7 Å². The van der Waals surface area contributed by atoms with E-state index in [1.807, 2.05) is 4.68 Å². The van der Waals surface area contributed by atoms with Crippen LogP contribution in [0.25, 0.3) is 0 Å². The predicted molar refractivity (Wildman–Crippen MR) is 64.8 cm³/mol. The molecule has 0 saturated carbocycles. The SMILES string of the molecule is CCC(CC)n1nnc(CCl)c1CCOC. The van der Waals surface area contributed by atoms with Gasteiger partial charge < -0.3 is 4.74 Å². The average molecular weight is 246 g/mol. The fraction of sp³-hybridized carbons (Fsp3) is 0.818. The van der Waals surface area contributed by atoms with Gasteiger partial charge in [-0.25, -0.2) is 4.68 Å². The first-order valence-corrected chi connectivity index (χ1v) is 6.29. The third-order valence-corrected chi connectivity index (χ3v) is 3.08. The number of methoxy groups -OCH3 is 1. The van der Waals surface area contributed by atoms with Crippen molar-refractivity contribution in [3.05, 3.63) is 11.4 Å². The standard InChI is InChI=1S/C11H20ClN3O/c1-4-9(5-2)15-11(6-7-16-3)10(8-12)13-14-15/h9H,4-8H2,1-3H3. The van der Waals surface area contributed by atoms with E-state index >= 15 is 0 Å². The molecule has 4 nitrogen and oxygen atoms in total. The molecule has 0 atom stereocenters. The molecule has 1 heterocycles. The van der Waals surface area contributed by atoms with Gasteiger partial charge in [-0.05, 0) is 12.8 Å². The Morgan fingerprint density at radius 1 is 1.38 bits per heavy atom. The summed E-state index contributed by atoms with van der Waals surface area (Å²) < 4.78 is 7.12. The number of aromatic nitrogens is 3. The van der Waals surface area contributed by atoms with Crippen LogP contribution in [0, 0.1) is 0 Å². The van der Waals surface area contributed by atoms with Crippen LogP contribution in [-0.2, 0) is 17.0 Å². The maximum atomic E-state index is 5.86. The normalized spacial score (nSPS) is 11.3. The third-order valence-electron chi connectivity index (χ3n) is 2.83. The van der Waals surface area contributed by atoms with Gasteiger partial charge in [-0.2, -0.15) is 0 Å². The first kappa shape index (κ1) is 13.5. The zero-order valence-electron chi connectivity index (χ0n) is 10.2. The summed E-state index contributed by atoms with van der Waals surface area (Å²) in [4.78, 5) is 0. The smallest absolute Gasteiger partial charge is 0.101 e. The van der Waals surface area contributed by atoms with Gasteiger partial charge in [0, 0.05) is 13.5 Å². The van der Waals surface area contributed by atoms with Crippen molar-refractivity contribution in [1.82, 2.24) is 15.0 Å². The molecule has 0 unspecified atom stereocenters. The molecule has 0 saturated heterocycles. The largest absolute Gasteiger partial charge is 0.384 e. The highest BCUT2D eigenvalue weighted by molar-refractivity contribution is 6.16. The molecule has 0 fully saturated rings. The molecule has 0 spiro atoms. The molecule has 0 aliphatic heterocycles. The Kier molecular flexibility index (Phi) is 5.77. The van der Waals surface area contributed by atoms with Gasteiger partial charge in [0.2, 0.25) is 0 Å². The Morgan fingerprint density at radius 2 is 2.06 bits per heavy atom. The van der Waals surface area contributed by atoms with Crippen LogP contribution in [-0.4, -0.2) is 28.7 Å². The van der Waals surface area contributed by atoms with E-state index in [4.69, 9.17) is 16.3 Å². The molecule has 0 aliphatic rings. The fourth-order valence-electron chi connectivity index (χ4n) is 1.84. The second kappa shape index (κ2) is 6.86. The highest BCUT2D eigenvalue weighted by atomic mass is 35.5. The Balaban J connectivity index is 2.93. The summed E-state index contributed by atoms with van der Waals surface area (Å²) in [5, 5.41) is 8.34. The molecule has 1 rings (SSSR count). The van der Waals surface area contributed by atoms with Crippen LogP contribution in [0.4, 0.5) is 0 Å². The van der Waals surface area contributed by atoms with E-state index in [1.165, 1.54) is 0 Å².